The first-order valence-corrected chi connectivity index (χ1v) is 9.73. The Morgan fingerprint density at radius 1 is 0.933 bits per heavy atom. The number of hydrogen-bond acceptors (Lipinski definition) is 5. The van der Waals surface area contributed by atoms with Crippen LogP contribution in [0.4, 0.5) is 26.3 Å². The lowest BCUT2D eigenvalue weighted by atomic mass is 10.1. The summed E-state index contributed by atoms with van der Waals surface area (Å²) in [5, 5.41) is 3.46. The fourth-order valence-electron chi connectivity index (χ4n) is 2.84. The number of nitrogens with zero attached hydrogens (tertiary/aromatic N) is 3. The Morgan fingerprint density at radius 3 is 1.90 bits per heavy atom. The average Bonchev–Trinajstić information content (AvgIpc) is 3.20. The molecule has 0 radical (unpaired) electrons. The van der Waals surface area contributed by atoms with Crippen molar-refractivity contribution in [3.63, 3.8) is 0 Å². The van der Waals surface area contributed by atoms with Gasteiger partial charge in [-0.1, -0.05) is 5.16 Å². The topological polar surface area (TPSA) is 83.7 Å². The van der Waals surface area contributed by atoms with Crippen LogP contribution in [0.3, 0.4) is 0 Å². The average molecular weight is 457 g/mol. The standard InChI is InChI=1S/C16H13F6N3O4S/c17-15(18,19)10-7-11(16(20,21)22)9-12(8-10)30(27,28)25-4-2-24(3-5-25)14(26)13-1-6-29-23-13/h1,6-9H,2-5H2. The van der Waals surface area contributed by atoms with Crippen LogP contribution in [0.5, 0.6) is 0 Å². The minimum absolute atomic E-state index is 0.0148. The molecule has 7 nitrogen and oxygen atoms in total. The van der Waals surface area contributed by atoms with Gasteiger partial charge in [0.05, 0.1) is 16.0 Å². The Hall–Kier alpha value is -2.61. The summed E-state index contributed by atoms with van der Waals surface area (Å²) in [5.41, 5.74) is -3.47. The maximum atomic E-state index is 13.0. The normalized spacial score (nSPS) is 16.7. The first kappa shape index (κ1) is 22.1. The summed E-state index contributed by atoms with van der Waals surface area (Å²) >= 11 is 0. The highest BCUT2D eigenvalue weighted by molar-refractivity contribution is 7.89. The maximum Gasteiger partial charge on any atom is 0.416 e. The van der Waals surface area contributed by atoms with Gasteiger partial charge in [0, 0.05) is 32.2 Å². The number of carbonyl (C=O) groups excluding carboxylic acids is 1. The number of hydrogen-bond donors (Lipinski definition) is 0. The smallest absolute Gasteiger partial charge is 0.364 e. The molecule has 2 aromatic rings. The Kier molecular flexibility index (Phi) is 5.58. The van der Waals surface area contributed by atoms with Crippen molar-refractivity contribution in [1.29, 1.82) is 0 Å². The minimum atomic E-state index is -5.17. The van der Waals surface area contributed by atoms with Crippen LogP contribution in [0.15, 0.2) is 39.9 Å². The molecular weight excluding hydrogens is 444 g/mol. The van der Waals surface area contributed by atoms with Crippen molar-refractivity contribution in [2.45, 2.75) is 17.2 Å². The van der Waals surface area contributed by atoms with Crippen molar-refractivity contribution in [2.75, 3.05) is 26.2 Å². The molecule has 1 aliphatic heterocycles. The van der Waals surface area contributed by atoms with Crippen molar-refractivity contribution in [3.05, 3.63) is 47.3 Å². The molecule has 0 atom stereocenters. The van der Waals surface area contributed by atoms with Crippen LogP contribution in [-0.2, 0) is 22.4 Å². The number of halogens is 6. The predicted octanol–water partition coefficient (Wildman–Crippen LogP) is 2.86. The molecule has 0 bridgehead atoms. The third-order valence-electron chi connectivity index (χ3n) is 4.38. The number of amides is 1. The summed E-state index contributed by atoms with van der Waals surface area (Å²) in [4.78, 5) is 12.3. The number of piperazine rings is 1. The summed E-state index contributed by atoms with van der Waals surface area (Å²) in [6.07, 6.45) is -9.18. The molecular formula is C16H13F6N3O4S. The largest absolute Gasteiger partial charge is 0.416 e. The van der Waals surface area contributed by atoms with Crippen molar-refractivity contribution in [3.8, 4) is 0 Å². The molecule has 30 heavy (non-hydrogen) atoms. The minimum Gasteiger partial charge on any atom is -0.364 e. The van der Waals surface area contributed by atoms with E-state index in [4.69, 9.17) is 0 Å². The Balaban J connectivity index is 1.86. The second-order valence-corrected chi connectivity index (χ2v) is 8.26. The van der Waals surface area contributed by atoms with E-state index in [1.807, 2.05) is 0 Å². The van der Waals surface area contributed by atoms with E-state index >= 15 is 0 Å². The van der Waals surface area contributed by atoms with Crippen molar-refractivity contribution in [1.82, 2.24) is 14.4 Å². The second-order valence-electron chi connectivity index (χ2n) is 6.32. The van der Waals surface area contributed by atoms with Crippen LogP contribution in [0.2, 0.25) is 0 Å². The second kappa shape index (κ2) is 7.58. The van der Waals surface area contributed by atoms with Gasteiger partial charge in [0.2, 0.25) is 10.0 Å². The van der Waals surface area contributed by atoms with Gasteiger partial charge in [0.15, 0.2) is 5.69 Å². The zero-order valence-electron chi connectivity index (χ0n) is 14.9. The van der Waals surface area contributed by atoms with Crippen molar-refractivity contribution in [2.24, 2.45) is 0 Å². The third-order valence-corrected chi connectivity index (χ3v) is 6.26. The van der Waals surface area contributed by atoms with Crippen LogP contribution in [-0.4, -0.2) is 54.9 Å². The number of sulfonamides is 1. The van der Waals surface area contributed by atoms with Gasteiger partial charge in [0.25, 0.3) is 5.91 Å². The molecule has 1 saturated heterocycles. The van der Waals surface area contributed by atoms with Crippen molar-refractivity contribution >= 4 is 15.9 Å². The third kappa shape index (κ3) is 4.43. The summed E-state index contributed by atoms with van der Waals surface area (Å²) in [5.74, 6) is -0.542. The molecule has 164 valence electrons. The van der Waals surface area contributed by atoms with Gasteiger partial charge in [-0.15, -0.1) is 0 Å². The number of aromatic nitrogens is 1. The Labute approximate surface area is 165 Å². The summed E-state index contributed by atoms with van der Waals surface area (Å²) in [6.45, 7) is -0.890. The number of alkyl halides is 6. The van der Waals surface area contributed by atoms with Gasteiger partial charge in [0.1, 0.15) is 6.26 Å². The SMILES string of the molecule is O=C(c1ccon1)N1CCN(S(=O)(=O)c2cc(C(F)(F)F)cc(C(F)(F)F)c2)CC1. The summed E-state index contributed by atoms with van der Waals surface area (Å²) in [6, 6.07) is 1.48. The molecule has 0 aliphatic carbocycles. The fourth-order valence-corrected chi connectivity index (χ4v) is 4.33. The summed E-state index contributed by atoms with van der Waals surface area (Å²) in [7, 11) is -4.67. The predicted molar refractivity (Wildman–Crippen MR) is 87.6 cm³/mol. The highest BCUT2D eigenvalue weighted by atomic mass is 32.2. The molecule has 1 aromatic heterocycles. The van der Waals surface area contributed by atoms with Crippen LogP contribution in [0.25, 0.3) is 0 Å². The molecule has 3 rings (SSSR count). The van der Waals surface area contributed by atoms with E-state index in [1.165, 1.54) is 17.2 Å². The molecule has 2 heterocycles. The number of rotatable bonds is 3. The van der Waals surface area contributed by atoms with E-state index in [-0.39, 0.29) is 50.1 Å². The monoisotopic (exact) mass is 457 g/mol. The molecule has 1 fully saturated rings. The van der Waals surface area contributed by atoms with E-state index in [0.29, 0.717) is 0 Å². The van der Waals surface area contributed by atoms with E-state index < -0.39 is 44.3 Å². The van der Waals surface area contributed by atoms with E-state index in [2.05, 4.69) is 9.68 Å². The Bertz CT molecular complexity index is 994. The van der Waals surface area contributed by atoms with Gasteiger partial charge in [-0.25, -0.2) is 8.42 Å². The van der Waals surface area contributed by atoms with Gasteiger partial charge in [-0.2, -0.15) is 30.6 Å². The first-order valence-electron chi connectivity index (χ1n) is 8.29. The molecule has 1 aliphatic rings. The van der Waals surface area contributed by atoms with E-state index in [0.717, 1.165) is 4.31 Å². The summed E-state index contributed by atoms with van der Waals surface area (Å²) < 4.78 is 109. The van der Waals surface area contributed by atoms with E-state index in [1.54, 1.807) is 0 Å². The van der Waals surface area contributed by atoms with Crippen LogP contribution in [0, 0.1) is 0 Å². The first-order chi connectivity index (χ1) is 13.8. The Morgan fingerprint density at radius 2 is 1.47 bits per heavy atom. The zero-order valence-corrected chi connectivity index (χ0v) is 15.7. The lowest BCUT2D eigenvalue weighted by molar-refractivity contribution is -0.143. The van der Waals surface area contributed by atoms with Gasteiger partial charge >= 0.3 is 12.4 Å². The lowest BCUT2D eigenvalue weighted by Crippen LogP contribution is -2.50. The molecule has 0 saturated carbocycles. The maximum absolute atomic E-state index is 13.0. The molecule has 14 heteroatoms. The van der Waals surface area contributed by atoms with Gasteiger partial charge in [-0.3, -0.25) is 4.79 Å². The van der Waals surface area contributed by atoms with Crippen molar-refractivity contribution < 1.29 is 44.1 Å². The number of carbonyl (C=O) groups is 1. The zero-order chi connectivity index (χ0) is 22.3. The molecule has 0 spiro atoms. The van der Waals surface area contributed by atoms with Gasteiger partial charge < -0.3 is 9.42 Å². The quantitative estimate of drug-likeness (QED) is 0.662. The van der Waals surface area contributed by atoms with E-state index in [9.17, 15) is 39.6 Å². The van der Waals surface area contributed by atoms with Crippen LogP contribution >= 0.6 is 0 Å². The van der Waals surface area contributed by atoms with Gasteiger partial charge in [-0.05, 0) is 18.2 Å². The lowest BCUT2D eigenvalue weighted by Gasteiger charge is -2.33. The molecule has 1 amide bonds. The highest BCUT2D eigenvalue weighted by Gasteiger charge is 2.39. The molecule has 0 unspecified atom stereocenters. The fraction of sp³-hybridized carbons (Fsp3) is 0.375. The highest BCUT2D eigenvalue weighted by Crippen LogP contribution is 2.37. The van der Waals surface area contributed by atoms with Crippen LogP contribution in [0.1, 0.15) is 21.6 Å². The molecule has 0 N–H and O–H groups in total. The van der Waals surface area contributed by atoms with Crippen LogP contribution < -0.4 is 0 Å². The molecule has 1 aromatic carbocycles. The number of benzene rings is 1.